The molecule has 0 saturated heterocycles. The molecule has 0 bridgehead atoms. The molecule has 0 N–H and O–H groups in total. The first kappa shape index (κ1) is 11.8. The molecule has 1 aliphatic rings. The Kier molecular flexibility index (Phi) is 3.45. The van der Waals surface area contributed by atoms with E-state index < -0.39 is 0 Å². The summed E-state index contributed by atoms with van der Waals surface area (Å²) >= 11 is 5.91. The van der Waals surface area contributed by atoms with Gasteiger partial charge in [0.05, 0.1) is 0 Å². The van der Waals surface area contributed by atoms with Gasteiger partial charge in [0, 0.05) is 13.3 Å². The van der Waals surface area contributed by atoms with Gasteiger partial charge in [-0.3, -0.25) is 0 Å². The van der Waals surface area contributed by atoms with Crippen LogP contribution >= 0.6 is 11.6 Å². The van der Waals surface area contributed by atoms with Crippen molar-refractivity contribution in [1.82, 2.24) is 9.97 Å². The van der Waals surface area contributed by atoms with Crippen LogP contribution in [0.25, 0.3) is 0 Å². The molecule has 2 atom stereocenters. The molecule has 1 heterocycles. The predicted octanol–water partition coefficient (Wildman–Crippen LogP) is 3.18. The van der Waals surface area contributed by atoms with Crippen molar-refractivity contribution >= 4 is 11.6 Å². The molecule has 2 rings (SSSR count). The van der Waals surface area contributed by atoms with E-state index in [0.29, 0.717) is 11.1 Å². The molecular formula is C12H17ClN2O. The number of hydrogen-bond donors (Lipinski definition) is 0. The van der Waals surface area contributed by atoms with E-state index in [1.807, 2.05) is 0 Å². The lowest BCUT2D eigenvalue weighted by molar-refractivity contribution is -0.0646. The Balaban J connectivity index is 2.33. The summed E-state index contributed by atoms with van der Waals surface area (Å²) < 4.78 is 5.71. The summed E-state index contributed by atoms with van der Waals surface area (Å²) in [6, 6.07) is 1.70. The molecule has 0 aliphatic heterocycles. The Morgan fingerprint density at radius 1 is 1.56 bits per heavy atom. The van der Waals surface area contributed by atoms with Crippen molar-refractivity contribution in [3.05, 3.63) is 23.2 Å². The minimum absolute atomic E-state index is 0.331. The van der Waals surface area contributed by atoms with Crippen LogP contribution in [0.3, 0.4) is 0 Å². The van der Waals surface area contributed by atoms with E-state index in [4.69, 9.17) is 16.3 Å². The SMILES string of the molecule is COC1(c2nccc(Cl)n2)CCCC(C)C1. The molecule has 4 heteroatoms. The normalized spacial score (nSPS) is 30.3. The zero-order chi connectivity index (χ0) is 11.6. The van der Waals surface area contributed by atoms with Crippen LogP contribution in [0.2, 0.25) is 5.15 Å². The fraction of sp³-hybridized carbons (Fsp3) is 0.667. The van der Waals surface area contributed by atoms with Gasteiger partial charge in [0.1, 0.15) is 10.8 Å². The molecule has 0 amide bonds. The van der Waals surface area contributed by atoms with Crippen LogP contribution in [-0.2, 0) is 10.3 Å². The number of hydrogen-bond acceptors (Lipinski definition) is 3. The first-order valence-corrected chi connectivity index (χ1v) is 6.08. The van der Waals surface area contributed by atoms with Crippen LogP contribution in [0.4, 0.5) is 0 Å². The molecule has 3 nitrogen and oxygen atoms in total. The van der Waals surface area contributed by atoms with Crippen molar-refractivity contribution in [3.63, 3.8) is 0 Å². The average molecular weight is 241 g/mol. The fourth-order valence-electron chi connectivity index (χ4n) is 2.54. The molecule has 1 aromatic rings. The van der Waals surface area contributed by atoms with Crippen molar-refractivity contribution in [1.29, 1.82) is 0 Å². The smallest absolute Gasteiger partial charge is 0.161 e. The highest BCUT2D eigenvalue weighted by atomic mass is 35.5. The van der Waals surface area contributed by atoms with Gasteiger partial charge in [-0.1, -0.05) is 24.9 Å². The van der Waals surface area contributed by atoms with Gasteiger partial charge >= 0.3 is 0 Å². The predicted molar refractivity (Wildman–Crippen MR) is 63.4 cm³/mol. The average Bonchev–Trinajstić information content (AvgIpc) is 2.29. The maximum absolute atomic E-state index is 5.91. The van der Waals surface area contributed by atoms with Crippen LogP contribution < -0.4 is 0 Å². The van der Waals surface area contributed by atoms with Crippen molar-refractivity contribution < 1.29 is 4.74 Å². The standard InChI is InChI=1S/C12H17ClN2O/c1-9-4-3-6-12(8-9,16-2)11-14-7-5-10(13)15-11/h5,7,9H,3-4,6,8H2,1-2H3. The number of rotatable bonds is 2. The summed E-state index contributed by atoms with van der Waals surface area (Å²) in [6.45, 7) is 2.25. The molecule has 0 radical (unpaired) electrons. The van der Waals surface area contributed by atoms with Crippen molar-refractivity contribution in [3.8, 4) is 0 Å². The Morgan fingerprint density at radius 2 is 2.38 bits per heavy atom. The summed E-state index contributed by atoms with van der Waals surface area (Å²) in [4.78, 5) is 8.62. The minimum atomic E-state index is -0.331. The van der Waals surface area contributed by atoms with Gasteiger partial charge in [0.25, 0.3) is 0 Å². The zero-order valence-corrected chi connectivity index (χ0v) is 10.5. The number of halogens is 1. The molecule has 1 aromatic heterocycles. The fourth-order valence-corrected chi connectivity index (χ4v) is 2.68. The lowest BCUT2D eigenvalue weighted by Crippen LogP contribution is -2.36. The summed E-state index contributed by atoms with van der Waals surface area (Å²) in [5.41, 5.74) is -0.331. The maximum Gasteiger partial charge on any atom is 0.161 e. The van der Waals surface area contributed by atoms with Gasteiger partial charge in [-0.15, -0.1) is 0 Å². The number of nitrogens with zero attached hydrogens (tertiary/aromatic N) is 2. The first-order valence-electron chi connectivity index (χ1n) is 5.70. The summed E-state index contributed by atoms with van der Waals surface area (Å²) in [6.07, 6.45) is 6.07. The zero-order valence-electron chi connectivity index (χ0n) is 9.74. The topological polar surface area (TPSA) is 35.0 Å². The van der Waals surface area contributed by atoms with Crippen LogP contribution in [0.1, 0.15) is 38.4 Å². The van der Waals surface area contributed by atoms with Crippen molar-refractivity contribution in [2.24, 2.45) is 5.92 Å². The van der Waals surface area contributed by atoms with Crippen LogP contribution in [0.15, 0.2) is 12.3 Å². The highest BCUT2D eigenvalue weighted by Crippen LogP contribution is 2.41. The van der Waals surface area contributed by atoms with E-state index in [0.717, 1.165) is 25.1 Å². The van der Waals surface area contributed by atoms with Gasteiger partial charge in [-0.25, -0.2) is 9.97 Å². The third-order valence-corrected chi connectivity index (χ3v) is 3.59. The van der Waals surface area contributed by atoms with Crippen molar-refractivity contribution in [2.75, 3.05) is 7.11 Å². The Labute approximate surface area is 101 Å². The van der Waals surface area contributed by atoms with Crippen LogP contribution in [0, 0.1) is 5.92 Å². The highest BCUT2D eigenvalue weighted by molar-refractivity contribution is 6.29. The third-order valence-electron chi connectivity index (χ3n) is 3.38. The number of aromatic nitrogens is 2. The molecule has 2 unspecified atom stereocenters. The Morgan fingerprint density at radius 3 is 3.00 bits per heavy atom. The van der Waals surface area contributed by atoms with E-state index in [1.54, 1.807) is 19.4 Å². The van der Waals surface area contributed by atoms with Gasteiger partial charge in [-0.2, -0.15) is 0 Å². The first-order chi connectivity index (χ1) is 7.66. The second-order valence-electron chi connectivity index (χ2n) is 4.60. The van der Waals surface area contributed by atoms with Gasteiger partial charge in [-0.05, 0) is 31.2 Å². The van der Waals surface area contributed by atoms with Gasteiger partial charge < -0.3 is 4.74 Å². The molecule has 0 aromatic carbocycles. The van der Waals surface area contributed by atoms with E-state index in [-0.39, 0.29) is 5.60 Å². The summed E-state index contributed by atoms with van der Waals surface area (Å²) in [5.74, 6) is 1.38. The van der Waals surface area contributed by atoms with E-state index in [2.05, 4.69) is 16.9 Å². The molecule has 1 saturated carbocycles. The highest BCUT2D eigenvalue weighted by Gasteiger charge is 2.39. The van der Waals surface area contributed by atoms with E-state index >= 15 is 0 Å². The minimum Gasteiger partial charge on any atom is -0.370 e. The third kappa shape index (κ3) is 2.20. The van der Waals surface area contributed by atoms with Crippen molar-refractivity contribution in [2.45, 2.75) is 38.2 Å². The second-order valence-corrected chi connectivity index (χ2v) is 4.99. The van der Waals surface area contributed by atoms with E-state index in [1.165, 1.54) is 6.42 Å². The molecule has 1 aliphatic carbocycles. The number of methoxy groups -OCH3 is 1. The Bertz CT molecular complexity index is 372. The molecule has 0 spiro atoms. The van der Waals surface area contributed by atoms with Crippen LogP contribution in [0.5, 0.6) is 0 Å². The maximum atomic E-state index is 5.91. The number of ether oxygens (including phenoxy) is 1. The lowest BCUT2D eigenvalue weighted by Gasteiger charge is -2.37. The molecule has 88 valence electrons. The van der Waals surface area contributed by atoms with Gasteiger partial charge in [0.2, 0.25) is 0 Å². The van der Waals surface area contributed by atoms with E-state index in [9.17, 15) is 0 Å². The quantitative estimate of drug-likeness (QED) is 0.745. The Hall–Kier alpha value is -0.670. The second kappa shape index (κ2) is 4.68. The largest absolute Gasteiger partial charge is 0.370 e. The van der Waals surface area contributed by atoms with Crippen LogP contribution in [-0.4, -0.2) is 17.1 Å². The monoisotopic (exact) mass is 240 g/mol. The summed E-state index contributed by atoms with van der Waals surface area (Å²) in [5, 5.41) is 0.486. The lowest BCUT2D eigenvalue weighted by atomic mass is 9.78. The molecular weight excluding hydrogens is 224 g/mol. The van der Waals surface area contributed by atoms with Gasteiger partial charge in [0.15, 0.2) is 5.82 Å². The molecule has 16 heavy (non-hydrogen) atoms. The summed E-state index contributed by atoms with van der Waals surface area (Å²) in [7, 11) is 1.74. The molecule has 1 fully saturated rings.